The van der Waals surface area contributed by atoms with E-state index in [1.165, 1.54) is 11.3 Å². The van der Waals surface area contributed by atoms with Gasteiger partial charge in [0.2, 0.25) is 0 Å². The number of methoxy groups -OCH3 is 2. The molecule has 0 bridgehead atoms. The first-order valence-corrected chi connectivity index (χ1v) is 9.57. The van der Waals surface area contributed by atoms with E-state index in [2.05, 4.69) is 10.3 Å². The quantitative estimate of drug-likeness (QED) is 0.570. The standard InChI is InChI=1S/C21H22N2O4S/c1-14-19(15-7-9-17(26-3)10-8-15)22-21(28-14)23-20(24)16-5-4-6-18(13-16)27-12-11-25-2/h4-10,13H,11-12H2,1-3H3,(H,22,23,24). The molecule has 1 amide bonds. The fourth-order valence-corrected chi connectivity index (χ4v) is 3.44. The molecule has 1 aromatic heterocycles. The predicted molar refractivity (Wildman–Crippen MR) is 111 cm³/mol. The van der Waals surface area contributed by atoms with Crippen molar-refractivity contribution >= 4 is 22.4 Å². The molecule has 0 unspecified atom stereocenters. The number of aryl methyl sites for hydroxylation is 1. The van der Waals surface area contributed by atoms with Crippen molar-refractivity contribution in [2.75, 3.05) is 32.8 Å². The van der Waals surface area contributed by atoms with Gasteiger partial charge in [0.1, 0.15) is 18.1 Å². The molecule has 1 heterocycles. The first-order chi connectivity index (χ1) is 13.6. The Hall–Kier alpha value is -2.90. The number of hydrogen-bond donors (Lipinski definition) is 1. The van der Waals surface area contributed by atoms with Gasteiger partial charge < -0.3 is 14.2 Å². The fourth-order valence-electron chi connectivity index (χ4n) is 2.61. The molecule has 2 aromatic carbocycles. The number of nitrogens with one attached hydrogen (secondary N) is 1. The summed E-state index contributed by atoms with van der Waals surface area (Å²) in [6, 6.07) is 14.7. The lowest BCUT2D eigenvalue weighted by atomic mass is 10.1. The van der Waals surface area contributed by atoms with Gasteiger partial charge in [-0.2, -0.15) is 0 Å². The summed E-state index contributed by atoms with van der Waals surface area (Å²) in [7, 11) is 3.25. The van der Waals surface area contributed by atoms with Crippen molar-refractivity contribution in [3.05, 3.63) is 59.0 Å². The van der Waals surface area contributed by atoms with Gasteiger partial charge in [-0.05, 0) is 49.4 Å². The molecule has 7 heteroatoms. The molecule has 28 heavy (non-hydrogen) atoms. The summed E-state index contributed by atoms with van der Waals surface area (Å²) in [6.45, 7) is 2.90. The summed E-state index contributed by atoms with van der Waals surface area (Å²) in [5.74, 6) is 1.18. The average molecular weight is 398 g/mol. The molecular formula is C21H22N2O4S. The van der Waals surface area contributed by atoms with E-state index >= 15 is 0 Å². The van der Waals surface area contributed by atoms with Crippen LogP contribution in [0.2, 0.25) is 0 Å². The smallest absolute Gasteiger partial charge is 0.257 e. The summed E-state index contributed by atoms with van der Waals surface area (Å²) in [5.41, 5.74) is 2.33. The monoisotopic (exact) mass is 398 g/mol. The predicted octanol–water partition coefficient (Wildman–Crippen LogP) is 4.40. The van der Waals surface area contributed by atoms with Crippen LogP contribution in [0.4, 0.5) is 5.13 Å². The van der Waals surface area contributed by atoms with Crippen LogP contribution in [0.25, 0.3) is 11.3 Å². The second-order valence-corrected chi connectivity index (χ2v) is 7.18. The molecule has 3 aromatic rings. The summed E-state index contributed by atoms with van der Waals surface area (Å²) >= 11 is 1.44. The normalized spacial score (nSPS) is 10.5. The highest BCUT2D eigenvalue weighted by molar-refractivity contribution is 7.16. The number of hydrogen-bond acceptors (Lipinski definition) is 6. The molecule has 0 aliphatic carbocycles. The van der Waals surface area contributed by atoms with Crippen LogP contribution in [0.1, 0.15) is 15.2 Å². The Bertz CT molecular complexity index is 938. The Balaban J connectivity index is 1.71. The number of nitrogens with zero attached hydrogens (tertiary/aromatic N) is 1. The molecule has 3 rings (SSSR count). The zero-order chi connectivity index (χ0) is 19.9. The highest BCUT2D eigenvalue weighted by Gasteiger charge is 2.14. The largest absolute Gasteiger partial charge is 0.497 e. The van der Waals surface area contributed by atoms with Crippen LogP contribution in [-0.2, 0) is 4.74 Å². The van der Waals surface area contributed by atoms with Gasteiger partial charge in [0.15, 0.2) is 5.13 Å². The molecular weight excluding hydrogens is 376 g/mol. The van der Waals surface area contributed by atoms with E-state index in [-0.39, 0.29) is 5.91 Å². The third-order valence-electron chi connectivity index (χ3n) is 4.03. The van der Waals surface area contributed by atoms with Gasteiger partial charge in [0.05, 0.1) is 19.4 Å². The number of aromatic nitrogens is 1. The van der Waals surface area contributed by atoms with Gasteiger partial charge in [0, 0.05) is 23.1 Å². The number of benzene rings is 2. The Morgan fingerprint density at radius 1 is 1.07 bits per heavy atom. The third kappa shape index (κ3) is 4.88. The fraction of sp³-hybridized carbons (Fsp3) is 0.238. The molecule has 0 fully saturated rings. The Morgan fingerprint density at radius 3 is 2.57 bits per heavy atom. The van der Waals surface area contributed by atoms with Crippen molar-refractivity contribution in [2.24, 2.45) is 0 Å². The molecule has 1 N–H and O–H groups in total. The van der Waals surface area contributed by atoms with Gasteiger partial charge in [-0.25, -0.2) is 4.98 Å². The molecule has 0 aliphatic rings. The molecule has 0 aliphatic heterocycles. The van der Waals surface area contributed by atoms with E-state index in [1.807, 2.05) is 37.3 Å². The maximum atomic E-state index is 12.6. The molecule has 0 saturated carbocycles. The second-order valence-electron chi connectivity index (χ2n) is 5.98. The SMILES string of the molecule is COCCOc1cccc(C(=O)Nc2nc(-c3ccc(OC)cc3)c(C)s2)c1. The van der Waals surface area contributed by atoms with Crippen LogP contribution in [0.5, 0.6) is 11.5 Å². The second kappa shape index (κ2) is 9.34. The van der Waals surface area contributed by atoms with Gasteiger partial charge in [0.25, 0.3) is 5.91 Å². The van der Waals surface area contributed by atoms with Crippen LogP contribution in [0, 0.1) is 6.92 Å². The number of carbonyl (C=O) groups is 1. The van der Waals surface area contributed by atoms with Gasteiger partial charge in [-0.1, -0.05) is 6.07 Å². The zero-order valence-electron chi connectivity index (χ0n) is 16.0. The van der Waals surface area contributed by atoms with E-state index < -0.39 is 0 Å². The molecule has 0 saturated heterocycles. The number of thiazole rings is 1. The maximum Gasteiger partial charge on any atom is 0.257 e. The minimum atomic E-state index is -0.229. The van der Waals surface area contributed by atoms with E-state index in [0.29, 0.717) is 29.7 Å². The lowest BCUT2D eigenvalue weighted by molar-refractivity contribution is 0.102. The molecule has 6 nitrogen and oxygen atoms in total. The lowest BCUT2D eigenvalue weighted by Crippen LogP contribution is -2.12. The minimum absolute atomic E-state index is 0.229. The molecule has 0 radical (unpaired) electrons. The molecule has 0 atom stereocenters. The van der Waals surface area contributed by atoms with E-state index in [1.54, 1.807) is 32.4 Å². The Morgan fingerprint density at radius 2 is 1.86 bits per heavy atom. The van der Waals surface area contributed by atoms with Crippen LogP contribution in [0.15, 0.2) is 48.5 Å². The van der Waals surface area contributed by atoms with Crippen LogP contribution in [-0.4, -0.2) is 38.3 Å². The Labute approximate surface area is 168 Å². The number of carbonyl (C=O) groups excluding carboxylic acids is 1. The topological polar surface area (TPSA) is 69.7 Å². The molecule has 0 spiro atoms. The van der Waals surface area contributed by atoms with E-state index in [9.17, 15) is 4.79 Å². The first-order valence-electron chi connectivity index (χ1n) is 8.75. The van der Waals surface area contributed by atoms with Gasteiger partial charge in [-0.3, -0.25) is 10.1 Å². The maximum absolute atomic E-state index is 12.6. The lowest BCUT2D eigenvalue weighted by Gasteiger charge is -2.07. The van der Waals surface area contributed by atoms with Crippen LogP contribution >= 0.6 is 11.3 Å². The first kappa shape index (κ1) is 19.9. The van der Waals surface area contributed by atoms with Gasteiger partial charge >= 0.3 is 0 Å². The number of amides is 1. The number of ether oxygens (including phenoxy) is 3. The van der Waals surface area contributed by atoms with Crippen molar-refractivity contribution in [2.45, 2.75) is 6.92 Å². The Kier molecular flexibility index (Phi) is 6.62. The van der Waals surface area contributed by atoms with E-state index in [4.69, 9.17) is 14.2 Å². The zero-order valence-corrected chi connectivity index (χ0v) is 16.8. The summed E-state index contributed by atoms with van der Waals surface area (Å²) in [5, 5.41) is 3.42. The van der Waals surface area contributed by atoms with Crippen molar-refractivity contribution in [3.8, 4) is 22.8 Å². The summed E-state index contributed by atoms with van der Waals surface area (Å²) < 4.78 is 15.7. The van der Waals surface area contributed by atoms with Crippen molar-refractivity contribution < 1.29 is 19.0 Å². The minimum Gasteiger partial charge on any atom is -0.497 e. The molecule has 146 valence electrons. The van der Waals surface area contributed by atoms with Crippen molar-refractivity contribution in [1.29, 1.82) is 0 Å². The highest BCUT2D eigenvalue weighted by Crippen LogP contribution is 2.31. The van der Waals surface area contributed by atoms with E-state index in [0.717, 1.165) is 21.9 Å². The van der Waals surface area contributed by atoms with Crippen LogP contribution < -0.4 is 14.8 Å². The van der Waals surface area contributed by atoms with Crippen LogP contribution in [0.3, 0.4) is 0 Å². The number of anilines is 1. The average Bonchev–Trinajstić information content (AvgIpc) is 3.08. The van der Waals surface area contributed by atoms with Crippen molar-refractivity contribution in [1.82, 2.24) is 4.98 Å². The van der Waals surface area contributed by atoms with Crippen molar-refractivity contribution in [3.63, 3.8) is 0 Å². The number of rotatable bonds is 8. The van der Waals surface area contributed by atoms with Gasteiger partial charge in [-0.15, -0.1) is 11.3 Å². The summed E-state index contributed by atoms with van der Waals surface area (Å²) in [6.07, 6.45) is 0. The highest BCUT2D eigenvalue weighted by atomic mass is 32.1. The third-order valence-corrected chi connectivity index (χ3v) is 4.92. The summed E-state index contributed by atoms with van der Waals surface area (Å²) in [4.78, 5) is 18.2.